The highest BCUT2D eigenvalue weighted by Gasteiger charge is 2.40. The van der Waals surface area contributed by atoms with Crippen LogP contribution in [-0.2, 0) is 9.53 Å². The summed E-state index contributed by atoms with van der Waals surface area (Å²) in [5.74, 6) is 0.572. The van der Waals surface area contributed by atoms with Crippen LogP contribution in [0.15, 0.2) is 0 Å². The van der Waals surface area contributed by atoms with Crippen LogP contribution < -0.4 is 5.32 Å². The maximum Gasteiger partial charge on any atom is 0.325 e. The van der Waals surface area contributed by atoms with E-state index in [0.717, 1.165) is 13.0 Å². The van der Waals surface area contributed by atoms with Crippen molar-refractivity contribution in [2.24, 2.45) is 5.92 Å². The number of hydrogen-bond acceptors (Lipinski definition) is 4. The van der Waals surface area contributed by atoms with Crippen molar-refractivity contribution in [3.63, 3.8) is 0 Å². The minimum absolute atomic E-state index is 0.121. The second-order valence-corrected chi connectivity index (χ2v) is 6.98. The van der Waals surface area contributed by atoms with Crippen molar-refractivity contribution in [2.45, 2.75) is 70.5 Å². The lowest BCUT2D eigenvalue weighted by Gasteiger charge is -2.33. The van der Waals surface area contributed by atoms with E-state index in [1.807, 2.05) is 6.92 Å². The molecular weight excluding hydrogens is 252 g/mol. The average molecular weight is 282 g/mol. The minimum atomic E-state index is -0.528. The molecule has 1 aliphatic carbocycles. The third kappa shape index (κ3) is 3.73. The molecule has 1 saturated carbocycles. The van der Waals surface area contributed by atoms with Crippen LogP contribution in [0.25, 0.3) is 0 Å². The summed E-state index contributed by atoms with van der Waals surface area (Å²) < 4.78 is 5.01. The number of likely N-dealkylation sites (tertiary alicyclic amines) is 1. The van der Waals surface area contributed by atoms with E-state index in [1.165, 1.54) is 39.3 Å². The van der Waals surface area contributed by atoms with E-state index in [2.05, 4.69) is 24.1 Å². The lowest BCUT2D eigenvalue weighted by atomic mass is 9.96. The number of ether oxygens (including phenoxy) is 1. The van der Waals surface area contributed by atoms with Gasteiger partial charge in [-0.1, -0.05) is 13.8 Å². The Morgan fingerprint density at radius 1 is 1.40 bits per heavy atom. The highest BCUT2D eigenvalue weighted by atomic mass is 16.5. The van der Waals surface area contributed by atoms with Gasteiger partial charge in [-0.15, -0.1) is 0 Å². The van der Waals surface area contributed by atoms with Gasteiger partial charge in [0, 0.05) is 18.6 Å². The van der Waals surface area contributed by atoms with Gasteiger partial charge >= 0.3 is 5.97 Å². The van der Waals surface area contributed by atoms with Gasteiger partial charge in [-0.25, -0.2) is 0 Å². The van der Waals surface area contributed by atoms with Crippen LogP contribution >= 0.6 is 0 Å². The summed E-state index contributed by atoms with van der Waals surface area (Å²) >= 11 is 0. The highest BCUT2D eigenvalue weighted by molar-refractivity contribution is 5.80. The summed E-state index contributed by atoms with van der Waals surface area (Å²) in [6, 6.07) is 1.19. The number of carbonyl (C=O) groups is 1. The molecule has 2 unspecified atom stereocenters. The number of nitrogens with one attached hydrogen (secondary N) is 1. The second-order valence-electron chi connectivity index (χ2n) is 6.98. The summed E-state index contributed by atoms with van der Waals surface area (Å²) in [6.45, 7) is 8.74. The molecule has 0 aromatic rings. The van der Waals surface area contributed by atoms with E-state index in [0.29, 0.717) is 18.0 Å². The topological polar surface area (TPSA) is 41.6 Å². The average Bonchev–Trinajstić information content (AvgIpc) is 3.08. The quantitative estimate of drug-likeness (QED) is 0.727. The van der Waals surface area contributed by atoms with E-state index >= 15 is 0 Å². The molecule has 1 aliphatic heterocycles. The Balaban J connectivity index is 1.92. The van der Waals surface area contributed by atoms with Gasteiger partial charge in [-0.05, 0) is 51.5 Å². The number of carbonyl (C=O) groups excluding carboxylic acids is 1. The molecular formula is C16H30N2O2. The molecule has 4 heteroatoms. The molecule has 0 spiro atoms. The summed E-state index contributed by atoms with van der Waals surface area (Å²) in [5.41, 5.74) is -0.528. The van der Waals surface area contributed by atoms with Crippen LogP contribution in [0.4, 0.5) is 0 Å². The predicted octanol–water partition coefficient (Wildman–Crippen LogP) is 2.18. The summed E-state index contributed by atoms with van der Waals surface area (Å²) in [5, 5.41) is 3.48. The smallest absolute Gasteiger partial charge is 0.325 e. The first-order valence-electron chi connectivity index (χ1n) is 8.06. The molecule has 1 N–H and O–H groups in total. The maximum atomic E-state index is 12.1. The Labute approximate surface area is 123 Å². The molecule has 2 rings (SSSR count). The Bertz CT molecular complexity index is 341. The molecule has 0 aromatic carbocycles. The Hall–Kier alpha value is -0.610. The zero-order chi connectivity index (χ0) is 14.8. The normalized spacial score (nSPS) is 26.8. The molecule has 0 bridgehead atoms. The lowest BCUT2D eigenvalue weighted by Crippen LogP contribution is -2.53. The predicted molar refractivity (Wildman–Crippen MR) is 80.6 cm³/mol. The Morgan fingerprint density at radius 2 is 2.10 bits per heavy atom. The van der Waals surface area contributed by atoms with Crippen LogP contribution in [-0.4, -0.2) is 48.7 Å². The van der Waals surface area contributed by atoms with E-state index in [1.54, 1.807) is 0 Å². The lowest BCUT2D eigenvalue weighted by molar-refractivity contribution is -0.148. The number of rotatable bonds is 7. The fourth-order valence-corrected chi connectivity index (χ4v) is 3.39. The summed E-state index contributed by atoms with van der Waals surface area (Å²) in [4.78, 5) is 14.7. The molecule has 1 heterocycles. The van der Waals surface area contributed by atoms with Gasteiger partial charge in [0.2, 0.25) is 0 Å². The van der Waals surface area contributed by atoms with E-state index in [4.69, 9.17) is 4.74 Å². The van der Waals surface area contributed by atoms with Crippen molar-refractivity contribution in [3.8, 4) is 0 Å². The molecule has 0 amide bonds. The SMILES string of the molecule is COC(=O)C(C)(CCN1CCCC1C(C)C)NC1CC1. The van der Waals surface area contributed by atoms with E-state index < -0.39 is 5.54 Å². The molecule has 116 valence electrons. The van der Waals surface area contributed by atoms with Crippen LogP contribution in [0, 0.1) is 5.92 Å². The third-order valence-electron chi connectivity index (χ3n) is 4.82. The first kappa shape index (κ1) is 15.8. The summed E-state index contributed by atoms with van der Waals surface area (Å²) in [6.07, 6.45) is 5.78. The molecule has 20 heavy (non-hydrogen) atoms. The van der Waals surface area contributed by atoms with Crippen LogP contribution in [0.1, 0.15) is 52.9 Å². The largest absolute Gasteiger partial charge is 0.468 e. The standard InChI is InChI=1S/C16H30N2O2/c1-12(2)14-6-5-10-18(14)11-9-16(3,15(19)20-4)17-13-7-8-13/h12-14,17H,5-11H2,1-4H3. The first-order valence-corrected chi connectivity index (χ1v) is 8.06. The zero-order valence-electron chi connectivity index (χ0n) is 13.4. The van der Waals surface area contributed by atoms with Gasteiger partial charge in [0.25, 0.3) is 0 Å². The van der Waals surface area contributed by atoms with Crippen molar-refractivity contribution in [1.29, 1.82) is 0 Å². The van der Waals surface area contributed by atoms with Crippen LogP contribution in [0.3, 0.4) is 0 Å². The van der Waals surface area contributed by atoms with Gasteiger partial charge < -0.3 is 9.64 Å². The number of nitrogens with zero attached hydrogens (tertiary/aromatic N) is 1. The zero-order valence-corrected chi connectivity index (χ0v) is 13.4. The molecule has 1 saturated heterocycles. The Morgan fingerprint density at radius 3 is 2.65 bits per heavy atom. The van der Waals surface area contributed by atoms with Crippen molar-refractivity contribution < 1.29 is 9.53 Å². The second kappa shape index (κ2) is 6.44. The van der Waals surface area contributed by atoms with Gasteiger partial charge in [0.15, 0.2) is 0 Å². The maximum absolute atomic E-state index is 12.1. The van der Waals surface area contributed by atoms with Gasteiger partial charge in [-0.2, -0.15) is 0 Å². The fraction of sp³-hybridized carbons (Fsp3) is 0.938. The molecule has 4 nitrogen and oxygen atoms in total. The summed E-state index contributed by atoms with van der Waals surface area (Å²) in [7, 11) is 1.49. The molecule has 2 fully saturated rings. The van der Waals surface area contributed by atoms with Crippen molar-refractivity contribution >= 4 is 5.97 Å². The number of esters is 1. The Kier molecular flexibility index (Phi) is 5.08. The molecule has 0 radical (unpaired) electrons. The van der Waals surface area contributed by atoms with Crippen molar-refractivity contribution in [1.82, 2.24) is 10.2 Å². The monoisotopic (exact) mass is 282 g/mol. The van der Waals surface area contributed by atoms with Crippen LogP contribution in [0.2, 0.25) is 0 Å². The van der Waals surface area contributed by atoms with Crippen molar-refractivity contribution in [3.05, 3.63) is 0 Å². The highest BCUT2D eigenvalue weighted by Crippen LogP contribution is 2.28. The molecule has 2 atom stereocenters. The molecule has 2 aliphatic rings. The van der Waals surface area contributed by atoms with Crippen molar-refractivity contribution in [2.75, 3.05) is 20.2 Å². The fourth-order valence-electron chi connectivity index (χ4n) is 3.39. The number of methoxy groups -OCH3 is 1. The number of hydrogen-bond donors (Lipinski definition) is 1. The van der Waals surface area contributed by atoms with Crippen LogP contribution in [0.5, 0.6) is 0 Å². The van der Waals surface area contributed by atoms with Gasteiger partial charge in [0.1, 0.15) is 5.54 Å². The van der Waals surface area contributed by atoms with E-state index in [-0.39, 0.29) is 5.97 Å². The third-order valence-corrected chi connectivity index (χ3v) is 4.82. The first-order chi connectivity index (χ1) is 9.46. The van der Waals surface area contributed by atoms with Gasteiger partial charge in [0.05, 0.1) is 7.11 Å². The van der Waals surface area contributed by atoms with Gasteiger partial charge in [-0.3, -0.25) is 10.1 Å². The molecule has 0 aromatic heterocycles. The van der Waals surface area contributed by atoms with E-state index in [9.17, 15) is 4.79 Å². The minimum Gasteiger partial charge on any atom is -0.468 e.